The van der Waals surface area contributed by atoms with Gasteiger partial charge in [0.15, 0.2) is 0 Å². The first-order valence-electron chi connectivity index (χ1n) is 8.48. The van der Waals surface area contributed by atoms with Gasteiger partial charge in [-0.2, -0.15) is 0 Å². The van der Waals surface area contributed by atoms with Crippen LogP contribution < -0.4 is 15.8 Å². The lowest BCUT2D eigenvalue weighted by atomic mass is 9.80. The largest absolute Gasteiger partial charge is 0.388 e. The van der Waals surface area contributed by atoms with Crippen LogP contribution in [0.5, 0.6) is 0 Å². The summed E-state index contributed by atoms with van der Waals surface area (Å²) in [5.74, 6) is 0.596. The van der Waals surface area contributed by atoms with E-state index in [-0.39, 0.29) is 0 Å². The zero-order chi connectivity index (χ0) is 16.1. The van der Waals surface area contributed by atoms with E-state index in [4.69, 9.17) is 0 Å². The molecule has 0 heterocycles. The molecule has 3 aromatic carbocycles. The molecule has 1 heteroatoms. The molecule has 1 N–H and O–H groups in total. The fourth-order valence-corrected chi connectivity index (χ4v) is 4.21. The smallest absolute Gasteiger partial charge is 0.0343 e. The third-order valence-electron chi connectivity index (χ3n) is 5.49. The van der Waals surface area contributed by atoms with Crippen molar-refractivity contribution in [1.29, 1.82) is 0 Å². The van der Waals surface area contributed by atoms with Gasteiger partial charge in [0.05, 0.1) is 0 Å². The molecule has 1 unspecified atom stereocenters. The normalized spacial score (nSPS) is 17.4. The molecule has 1 atom stereocenters. The monoisotopic (exact) mass is 301 g/mol. The average Bonchev–Trinajstić information content (AvgIpc) is 2.57. The Hall–Kier alpha value is -2.28. The van der Waals surface area contributed by atoms with Gasteiger partial charge in [-0.15, -0.1) is 0 Å². The summed E-state index contributed by atoms with van der Waals surface area (Å²) in [6.07, 6.45) is 3.67. The van der Waals surface area contributed by atoms with Crippen molar-refractivity contribution < 1.29 is 0 Å². The van der Waals surface area contributed by atoms with Gasteiger partial charge in [0.1, 0.15) is 0 Å². The molecule has 0 aromatic heterocycles. The van der Waals surface area contributed by atoms with Gasteiger partial charge < -0.3 is 5.32 Å². The van der Waals surface area contributed by atoms with Crippen LogP contribution in [-0.4, -0.2) is 7.05 Å². The summed E-state index contributed by atoms with van der Waals surface area (Å²) in [5.41, 5.74) is 4.05. The summed E-state index contributed by atoms with van der Waals surface area (Å²) in [5, 5.41) is 10.7. The molecule has 1 aliphatic rings. The van der Waals surface area contributed by atoms with Gasteiger partial charge in [-0.3, -0.25) is 0 Å². The Balaban J connectivity index is 2.15. The van der Waals surface area contributed by atoms with E-state index in [9.17, 15) is 0 Å². The Kier molecular flexibility index (Phi) is 3.19. The Morgan fingerprint density at radius 3 is 2.52 bits per heavy atom. The summed E-state index contributed by atoms with van der Waals surface area (Å²) in [6.45, 7) is 11.2. The lowest BCUT2D eigenvalue weighted by molar-refractivity contribution is 0.587. The highest BCUT2D eigenvalue weighted by atomic mass is 14.8. The number of fused-ring (bicyclic) bond motifs is 3. The van der Waals surface area contributed by atoms with Crippen LogP contribution >= 0.6 is 0 Å². The summed E-state index contributed by atoms with van der Waals surface area (Å²) in [6, 6.07) is 11.1. The average molecular weight is 301 g/mol. The number of anilines is 1. The van der Waals surface area contributed by atoms with Crippen LogP contribution in [0.3, 0.4) is 0 Å². The molecule has 1 aliphatic carbocycles. The standard InChI is InChI=1S/C22H23N/c1-13-6-5-7-19-14(2)20-12-17-10-18(23-4)9-8-16(17)11-21(20)15(3)22(13)19/h8-13,23H,2-3,5-7H2,1,4H3. The second kappa shape index (κ2) is 5.13. The van der Waals surface area contributed by atoms with Crippen molar-refractivity contribution >= 4 is 40.4 Å². The van der Waals surface area contributed by atoms with E-state index < -0.39 is 0 Å². The predicted molar refractivity (Wildman–Crippen MR) is 103 cm³/mol. The van der Waals surface area contributed by atoms with Crippen LogP contribution in [0, 0.1) is 0 Å². The highest BCUT2D eigenvalue weighted by Crippen LogP contribution is 2.30. The van der Waals surface area contributed by atoms with Gasteiger partial charge >= 0.3 is 0 Å². The molecular formula is C22H23N. The molecule has 0 bridgehead atoms. The minimum Gasteiger partial charge on any atom is -0.388 e. The molecule has 0 fully saturated rings. The predicted octanol–water partition coefficient (Wildman–Crippen LogP) is 4.30. The molecule has 0 aliphatic heterocycles. The fraction of sp³-hybridized carbons (Fsp3) is 0.273. The lowest BCUT2D eigenvalue weighted by Gasteiger charge is -2.25. The Morgan fingerprint density at radius 2 is 1.74 bits per heavy atom. The fourth-order valence-electron chi connectivity index (χ4n) is 4.21. The number of hydrogen-bond donors (Lipinski definition) is 1. The van der Waals surface area contributed by atoms with Crippen LogP contribution in [0.2, 0.25) is 0 Å². The van der Waals surface area contributed by atoms with Gasteiger partial charge in [-0.25, -0.2) is 0 Å². The molecular weight excluding hydrogens is 278 g/mol. The van der Waals surface area contributed by atoms with Crippen molar-refractivity contribution in [1.82, 2.24) is 0 Å². The van der Waals surface area contributed by atoms with Crippen molar-refractivity contribution in [2.24, 2.45) is 0 Å². The van der Waals surface area contributed by atoms with E-state index in [1.807, 2.05) is 7.05 Å². The molecule has 0 amide bonds. The van der Waals surface area contributed by atoms with E-state index in [0.29, 0.717) is 5.92 Å². The van der Waals surface area contributed by atoms with Crippen molar-refractivity contribution in [3.63, 3.8) is 0 Å². The van der Waals surface area contributed by atoms with E-state index in [1.54, 1.807) is 0 Å². The van der Waals surface area contributed by atoms with Crippen LogP contribution in [0.25, 0.3) is 34.7 Å². The molecule has 4 rings (SSSR count). The van der Waals surface area contributed by atoms with Crippen LogP contribution in [0.1, 0.15) is 36.8 Å². The Labute approximate surface area is 137 Å². The van der Waals surface area contributed by atoms with E-state index in [1.165, 1.54) is 56.0 Å². The first-order valence-corrected chi connectivity index (χ1v) is 8.48. The zero-order valence-electron chi connectivity index (χ0n) is 14.0. The number of rotatable bonds is 1. The van der Waals surface area contributed by atoms with Crippen molar-refractivity contribution in [2.75, 3.05) is 12.4 Å². The molecule has 116 valence electrons. The maximum Gasteiger partial charge on any atom is 0.0343 e. The first kappa shape index (κ1) is 14.3. The maximum absolute atomic E-state index is 4.45. The van der Waals surface area contributed by atoms with Crippen molar-refractivity contribution in [3.8, 4) is 0 Å². The summed E-state index contributed by atoms with van der Waals surface area (Å²) < 4.78 is 0. The van der Waals surface area contributed by atoms with Crippen molar-refractivity contribution in [2.45, 2.75) is 32.1 Å². The lowest BCUT2D eigenvalue weighted by Crippen LogP contribution is -2.27. The third-order valence-corrected chi connectivity index (χ3v) is 5.49. The van der Waals surface area contributed by atoms with E-state index in [0.717, 1.165) is 12.1 Å². The highest BCUT2D eigenvalue weighted by Gasteiger charge is 2.20. The van der Waals surface area contributed by atoms with Crippen LogP contribution in [0.4, 0.5) is 5.69 Å². The summed E-state index contributed by atoms with van der Waals surface area (Å²) >= 11 is 0. The Bertz CT molecular complexity index is 1030. The Morgan fingerprint density at radius 1 is 1.00 bits per heavy atom. The van der Waals surface area contributed by atoms with Gasteiger partial charge in [-0.1, -0.05) is 26.1 Å². The first-order chi connectivity index (χ1) is 11.1. The number of nitrogens with one attached hydrogen (secondary N) is 1. The second-order valence-electron chi connectivity index (χ2n) is 6.85. The molecule has 1 nitrogen and oxygen atoms in total. The van der Waals surface area contributed by atoms with E-state index >= 15 is 0 Å². The molecule has 0 saturated carbocycles. The minimum absolute atomic E-state index is 0.596. The van der Waals surface area contributed by atoms with Gasteiger partial charge in [-0.05, 0) is 92.6 Å². The SMILES string of the molecule is C=c1c2c(c(=C)c3cc4ccc(NC)cc4cc13)C(C)CCC2. The minimum atomic E-state index is 0.596. The van der Waals surface area contributed by atoms with E-state index in [2.05, 4.69) is 55.7 Å². The van der Waals surface area contributed by atoms with Gasteiger partial charge in [0, 0.05) is 12.7 Å². The van der Waals surface area contributed by atoms with Crippen LogP contribution in [0.15, 0.2) is 30.3 Å². The number of benzene rings is 3. The topological polar surface area (TPSA) is 12.0 Å². The zero-order valence-corrected chi connectivity index (χ0v) is 14.0. The summed E-state index contributed by atoms with van der Waals surface area (Å²) in [4.78, 5) is 0. The third kappa shape index (κ3) is 2.07. The number of hydrogen-bond acceptors (Lipinski definition) is 1. The molecule has 0 spiro atoms. The molecule has 23 heavy (non-hydrogen) atoms. The quantitative estimate of drug-likeness (QED) is 0.661. The molecule has 0 radical (unpaired) electrons. The molecule has 3 aromatic rings. The second-order valence-corrected chi connectivity index (χ2v) is 6.85. The summed E-state index contributed by atoms with van der Waals surface area (Å²) in [7, 11) is 1.96. The van der Waals surface area contributed by atoms with Gasteiger partial charge in [0.25, 0.3) is 0 Å². The van der Waals surface area contributed by atoms with Crippen LogP contribution in [-0.2, 0) is 6.42 Å². The van der Waals surface area contributed by atoms with Gasteiger partial charge in [0.2, 0.25) is 0 Å². The highest BCUT2D eigenvalue weighted by molar-refractivity contribution is 6.00. The maximum atomic E-state index is 4.45. The van der Waals surface area contributed by atoms with Crippen molar-refractivity contribution in [3.05, 3.63) is 51.9 Å². The molecule has 0 saturated heterocycles.